The van der Waals surface area contributed by atoms with Crippen molar-refractivity contribution >= 4 is 0 Å². The molecule has 0 unspecified atom stereocenters. The molecule has 2 heterocycles. The van der Waals surface area contributed by atoms with Crippen LogP contribution in [0.1, 0.15) is 11.1 Å². The third kappa shape index (κ3) is 2.60. The van der Waals surface area contributed by atoms with Crippen molar-refractivity contribution in [3.8, 4) is 11.6 Å². The number of nitrogens with zero attached hydrogens (tertiary/aromatic N) is 3. The first-order valence-corrected chi connectivity index (χ1v) is 7.57. The van der Waals surface area contributed by atoms with E-state index in [-0.39, 0.29) is 0 Å². The van der Waals surface area contributed by atoms with Gasteiger partial charge < -0.3 is 9.64 Å². The zero-order chi connectivity index (χ0) is 14.8. The Morgan fingerprint density at radius 2 is 1.91 bits per heavy atom. The summed E-state index contributed by atoms with van der Waals surface area (Å²) < 4.78 is 5.78. The molecule has 0 amide bonds. The Balaban J connectivity index is 1.51. The van der Waals surface area contributed by atoms with Crippen LogP contribution in [0, 0.1) is 0 Å². The van der Waals surface area contributed by atoms with Crippen molar-refractivity contribution in [2.45, 2.75) is 12.8 Å². The van der Waals surface area contributed by atoms with E-state index in [0.717, 1.165) is 31.7 Å². The van der Waals surface area contributed by atoms with Crippen molar-refractivity contribution in [1.29, 1.82) is 0 Å². The van der Waals surface area contributed by atoms with Crippen molar-refractivity contribution in [2.24, 2.45) is 0 Å². The number of rotatable bonds is 3. The summed E-state index contributed by atoms with van der Waals surface area (Å²) in [4.78, 5) is 10.6. The van der Waals surface area contributed by atoms with Gasteiger partial charge in [-0.1, -0.05) is 12.1 Å². The van der Waals surface area contributed by atoms with Crippen LogP contribution in [0.15, 0.2) is 60.7 Å². The van der Waals surface area contributed by atoms with Crippen LogP contribution in [-0.4, -0.2) is 28.0 Å². The van der Waals surface area contributed by atoms with Crippen LogP contribution in [0.5, 0.6) is 11.6 Å². The third-order valence-electron chi connectivity index (χ3n) is 4.14. The lowest BCUT2D eigenvalue weighted by molar-refractivity contribution is 0.370. The molecule has 1 aromatic carbocycles. The van der Waals surface area contributed by atoms with E-state index in [1.54, 1.807) is 18.6 Å². The Morgan fingerprint density at radius 1 is 1.05 bits per heavy atom. The van der Waals surface area contributed by atoms with Crippen molar-refractivity contribution in [1.82, 2.24) is 14.9 Å². The molecular formula is C18H17N3O. The second-order valence-corrected chi connectivity index (χ2v) is 5.51. The topological polar surface area (TPSA) is 38.2 Å². The Kier molecular flexibility index (Phi) is 3.35. The van der Waals surface area contributed by atoms with Gasteiger partial charge in [0.05, 0.1) is 6.20 Å². The number of allylic oxidation sites excluding steroid dienone is 3. The van der Waals surface area contributed by atoms with Gasteiger partial charge in [-0.2, -0.15) is 0 Å². The van der Waals surface area contributed by atoms with Crippen molar-refractivity contribution < 1.29 is 4.74 Å². The Bertz CT molecular complexity index is 737. The normalized spacial score (nSPS) is 16.4. The maximum absolute atomic E-state index is 5.78. The molecule has 0 spiro atoms. The predicted molar refractivity (Wildman–Crippen MR) is 84.8 cm³/mol. The average molecular weight is 291 g/mol. The molecular weight excluding hydrogens is 274 g/mol. The summed E-state index contributed by atoms with van der Waals surface area (Å²) in [5.74, 6) is 1.36. The Labute approximate surface area is 129 Å². The van der Waals surface area contributed by atoms with E-state index < -0.39 is 0 Å². The molecule has 4 rings (SSSR count). The first-order chi connectivity index (χ1) is 10.9. The number of fused-ring (bicyclic) bond motifs is 1. The summed E-state index contributed by atoms with van der Waals surface area (Å²) >= 11 is 0. The fourth-order valence-electron chi connectivity index (χ4n) is 2.88. The van der Waals surface area contributed by atoms with Gasteiger partial charge >= 0.3 is 0 Å². The summed E-state index contributed by atoms with van der Waals surface area (Å²) in [5, 5.41) is 0. The monoisotopic (exact) mass is 291 g/mol. The summed E-state index contributed by atoms with van der Waals surface area (Å²) in [5.41, 5.74) is 4.13. The number of hydrogen-bond donors (Lipinski definition) is 0. The molecule has 0 radical (unpaired) electrons. The molecule has 1 aliphatic carbocycles. The highest BCUT2D eigenvalue weighted by Crippen LogP contribution is 2.26. The first kappa shape index (κ1) is 13.1. The maximum Gasteiger partial charge on any atom is 0.237 e. The van der Waals surface area contributed by atoms with E-state index in [1.165, 1.54) is 16.8 Å². The Hall–Kier alpha value is -2.62. The van der Waals surface area contributed by atoms with E-state index in [2.05, 4.69) is 45.2 Å². The maximum atomic E-state index is 5.78. The molecule has 0 atom stereocenters. The van der Waals surface area contributed by atoms with Gasteiger partial charge in [-0.25, -0.2) is 4.98 Å². The smallest absolute Gasteiger partial charge is 0.237 e. The lowest BCUT2D eigenvalue weighted by Gasteiger charge is -2.26. The first-order valence-electron chi connectivity index (χ1n) is 7.57. The van der Waals surface area contributed by atoms with Gasteiger partial charge in [0.25, 0.3) is 0 Å². The minimum absolute atomic E-state index is 0.530. The molecule has 0 N–H and O–H groups in total. The second-order valence-electron chi connectivity index (χ2n) is 5.51. The molecule has 0 saturated heterocycles. The second kappa shape index (κ2) is 5.64. The highest BCUT2D eigenvalue weighted by atomic mass is 16.5. The fraction of sp³-hybridized carbons (Fsp3) is 0.222. The minimum Gasteiger partial charge on any atom is -0.437 e. The Morgan fingerprint density at radius 3 is 2.64 bits per heavy atom. The van der Waals surface area contributed by atoms with Gasteiger partial charge in [-0.15, -0.1) is 0 Å². The molecule has 4 heteroatoms. The number of benzene rings is 1. The molecule has 1 aromatic heterocycles. The molecule has 110 valence electrons. The largest absolute Gasteiger partial charge is 0.437 e. The lowest BCUT2D eigenvalue weighted by Crippen LogP contribution is -2.26. The van der Waals surface area contributed by atoms with Gasteiger partial charge in [0.2, 0.25) is 5.88 Å². The van der Waals surface area contributed by atoms with E-state index in [0.29, 0.717) is 5.88 Å². The lowest BCUT2D eigenvalue weighted by atomic mass is 10.0. The number of aromatic nitrogens is 2. The molecule has 0 bridgehead atoms. The van der Waals surface area contributed by atoms with Gasteiger partial charge in [-0.05, 0) is 48.3 Å². The number of ether oxygens (including phenoxy) is 1. The van der Waals surface area contributed by atoms with E-state index in [4.69, 9.17) is 4.74 Å². The molecule has 2 aliphatic rings. The van der Waals surface area contributed by atoms with E-state index >= 15 is 0 Å². The SMILES string of the molecule is C1=CC(N2CCc3ccc(Oc4cnccn4)cc3CC2)=C1. The van der Waals surface area contributed by atoms with Crippen LogP contribution >= 0.6 is 0 Å². The van der Waals surface area contributed by atoms with Crippen LogP contribution in [0.4, 0.5) is 0 Å². The molecule has 4 nitrogen and oxygen atoms in total. The van der Waals surface area contributed by atoms with E-state index in [9.17, 15) is 0 Å². The van der Waals surface area contributed by atoms with Gasteiger partial charge in [0.1, 0.15) is 5.75 Å². The zero-order valence-corrected chi connectivity index (χ0v) is 12.3. The fourth-order valence-corrected chi connectivity index (χ4v) is 2.88. The predicted octanol–water partition coefficient (Wildman–Crippen LogP) is 3.12. The van der Waals surface area contributed by atoms with Gasteiger partial charge in [0, 0.05) is 31.2 Å². The third-order valence-corrected chi connectivity index (χ3v) is 4.14. The van der Waals surface area contributed by atoms with Crippen molar-refractivity contribution in [2.75, 3.05) is 13.1 Å². The van der Waals surface area contributed by atoms with Crippen molar-refractivity contribution in [3.05, 3.63) is 71.8 Å². The van der Waals surface area contributed by atoms with Gasteiger partial charge in [0.15, 0.2) is 0 Å². The van der Waals surface area contributed by atoms with Crippen LogP contribution in [0.3, 0.4) is 0 Å². The molecule has 22 heavy (non-hydrogen) atoms. The van der Waals surface area contributed by atoms with E-state index in [1.807, 2.05) is 6.07 Å². The van der Waals surface area contributed by atoms with Gasteiger partial charge in [-0.3, -0.25) is 4.98 Å². The summed E-state index contributed by atoms with van der Waals surface area (Å²) in [6, 6.07) is 6.33. The quantitative estimate of drug-likeness (QED) is 0.871. The van der Waals surface area contributed by atoms with Crippen molar-refractivity contribution in [3.63, 3.8) is 0 Å². The summed E-state index contributed by atoms with van der Waals surface area (Å²) in [7, 11) is 0. The van der Waals surface area contributed by atoms with Crippen LogP contribution < -0.4 is 4.74 Å². The molecule has 0 saturated carbocycles. The molecule has 1 aliphatic heterocycles. The molecule has 0 fully saturated rings. The summed E-state index contributed by atoms with van der Waals surface area (Å²) in [6.07, 6.45) is 13.5. The summed E-state index contributed by atoms with van der Waals surface area (Å²) in [6.45, 7) is 2.13. The average Bonchev–Trinajstić information content (AvgIpc) is 2.70. The van der Waals surface area contributed by atoms with Crippen LogP contribution in [0.2, 0.25) is 0 Å². The minimum atomic E-state index is 0.530. The highest BCUT2D eigenvalue weighted by Gasteiger charge is 2.17. The zero-order valence-electron chi connectivity index (χ0n) is 12.3. The highest BCUT2D eigenvalue weighted by molar-refractivity contribution is 5.40. The van der Waals surface area contributed by atoms with Crippen LogP contribution in [-0.2, 0) is 12.8 Å². The number of hydrogen-bond acceptors (Lipinski definition) is 4. The standard InChI is InChI=1S/C18H17N3O/c1-2-16(3-1)21-10-6-14-4-5-17(12-15(14)7-11-21)22-18-13-19-8-9-20-18/h1-5,8-9,12-13H,6-7,10-11H2. The van der Waals surface area contributed by atoms with Crippen LogP contribution in [0.25, 0.3) is 0 Å². The molecule has 2 aromatic rings.